The molecule has 2 aromatic rings. The van der Waals surface area contributed by atoms with Crippen molar-refractivity contribution in [2.24, 2.45) is 0 Å². The van der Waals surface area contributed by atoms with E-state index in [4.69, 9.17) is 4.74 Å². The van der Waals surface area contributed by atoms with Crippen LogP contribution < -0.4 is 10.1 Å². The molecule has 0 aliphatic rings. The molecule has 6 nitrogen and oxygen atoms in total. The number of aromatic nitrogens is 4. The third kappa shape index (κ3) is 2.48. The van der Waals surface area contributed by atoms with Gasteiger partial charge in [0.2, 0.25) is 0 Å². The van der Waals surface area contributed by atoms with Gasteiger partial charge in [-0.3, -0.25) is 0 Å². The first-order chi connectivity index (χ1) is 8.76. The summed E-state index contributed by atoms with van der Waals surface area (Å²) in [4.78, 5) is 0. The van der Waals surface area contributed by atoms with E-state index in [1.807, 2.05) is 32.0 Å². The van der Waals surface area contributed by atoms with Crippen LogP contribution in [0.3, 0.4) is 0 Å². The molecule has 0 bridgehead atoms. The third-order valence-electron chi connectivity index (χ3n) is 2.70. The minimum atomic E-state index is 0.648. The van der Waals surface area contributed by atoms with Crippen molar-refractivity contribution in [2.45, 2.75) is 20.4 Å². The largest absolute Gasteiger partial charge is 0.497 e. The first-order valence-electron chi connectivity index (χ1n) is 5.89. The Morgan fingerprint density at radius 1 is 1.39 bits per heavy atom. The Labute approximate surface area is 106 Å². The van der Waals surface area contributed by atoms with Crippen molar-refractivity contribution in [3.8, 4) is 11.4 Å². The quantitative estimate of drug-likeness (QED) is 0.856. The molecule has 0 unspecified atom stereocenters. The van der Waals surface area contributed by atoms with Crippen LogP contribution in [0.2, 0.25) is 0 Å². The summed E-state index contributed by atoms with van der Waals surface area (Å²) in [5.41, 5.74) is 2.04. The van der Waals surface area contributed by atoms with E-state index in [1.165, 1.54) is 0 Å². The van der Waals surface area contributed by atoms with Gasteiger partial charge in [-0.1, -0.05) is 6.92 Å². The molecule has 18 heavy (non-hydrogen) atoms. The average molecular weight is 247 g/mol. The number of hydrogen-bond donors (Lipinski definition) is 1. The summed E-state index contributed by atoms with van der Waals surface area (Å²) < 4.78 is 6.94. The Morgan fingerprint density at radius 3 is 2.89 bits per heavy atom. The monoisotopic (exact) mass is 247 g/mol. The van der Waals surface area contributed by atoms with Gasteiger partial charge in [-0.05, 0) is 47.7 Å². The van der Waals surface area contributed by atoms with Crippen molar-refractivity contribution in [1.29, 1.82) is 0 Å². The molecule has 1 aromatic carbocycles. The number of nitrogens with zero attached hydrogens (tertiary/aromatic N) is 4. The van der Waals surface area contributed by atoms with Gasteiger partial charge in [0.25, 0.3) is 0 Å². The van der Waals surface area contributed by atoms with Crippen LogP contribution in [0.4, 0.5) is 0 Å². The predicted octanol–water partition coefficient (Wildman–Crippen LogP) is 1.09. The SMILES string of the molecule is CCNCc1nnnn1-c1ccc(OC)cc1C. The fourth-order valence-corrected chi connectivity index (χ4v) is 1.73. The van der Waals surface area contributed by atoms with Gasteiger partial charge in [0.1, 0.15) is 5.75 Å². The van der Waals surface area contributed by atoms with Crippen molar-refractivity contribution in [3.05, 3.63) is 29.6 Å². The molecule has 0 amide bonds. The van der Waals surface area contributed by atoms with Crippen molar-refractivity contribution in [1.82, 2.24) is 25.5 Å². The topological polar surface area (TPSA) is 64.9 Å². The Bertz CT molecular complexity index is 523. The van der Waals surface area contributed by atoms with Crippen LogP contribution in [-0.4, -0.2) is 33.9 Å². The highest BCUT2D eigenvalue weighted by molar-refractivity contribution is 5.44. The normalized spacial score (nSPS) is 10.6. The van der Waals surface area contributed by atoms with E-state index < -0.39 is 0 Å². The highest BCUT2D eigenvalue weighted by atomic mass is 16.5. The second-order valence-corrected chi connectivity index (χ2v) is 3.94. The fraction of sp³-hybridized carbons (Fsp3) is 0.417. The Morgan fingerprint density at radius 2 is 2.22 bits per heavy atom. The Kier molecular flexibility index (Phi) is 3.88. The van der Waals surface area contributed by atoms with E-state index in [1.54, 1.807) is 11.8 Å². The highest BCUT2D eigenvalue weighted by Gasteiger charge is 2.10. The van der Waals surface area contributed by atoms with Gasteiger partial charge in [-0.2, -0.15) is 4.68 Å². The molecule has 0 atom stereocenters. The van der Waals surface area contributed by atoms with E-state index in [2.05, 4.69) is 20.8 Å². The molecule has 96 valence electrons. The van der Waals surface area contributed by atoms with Gasteiger partial charge in [0.15, 0.2) is 5.82 Å². The molecule has 0 spiro atoms. The molecule has 0 aliphatic carbocycles. The number of ether oxygens (including phenoxy) is 1. The summed E-state index contributed by atoms with van der Waals surface area (Å²) in [6, 6.07) is 5.83. The van der Waals surface area contributed by atoms with Crippen LogP contribution in [0.25, 0.3) is 5.69 Å². The van der Waals surface area contributed by atoms with Crippen molar-refractivity contribution in [3.63, 3.8) is 0 Å². The zero-order valence-corrected chi connectivity index (χ0v) is 10.8. The van der Waals surface area contributed by atoms with E-state index >= 15 is 0 Å². The molecule has 0 saturated heterocycles. The molecular weight excluding hydrogens is 230 g/mol. The van der Waals surface area contributed by atoms with Gasteiger partial charge >= 0.3 is 0 Å². The standard InChI is InChI=1S/C12H17N5O/c1-4-13-8-12-14-15-16-17(12)11-6-5-10(18-3)7-9(11)2/h5-7,13H,4,8H2,1-3H3. The zero-order chi connectivity index (χ0) is 13.0. The van der Waals surface area contributed by atoms with E-state index in [0.29, 0.717) is 6.54 Å². The average Bonchev–Trinajstić information content (AvgIpc) is 2.84. The molecule has 2 rings (SSSR count). The fourth-order valence-electron chi connectivity index (χ4n) is 1.73. The first kappa shape index (κ1) is 12.5. The third-order valence-corrected chi connectivity index (χ3v) is 2.70. The minimum Gasteiger partial charge on any atom is -0.497 e. The maximum absolute atomic E-state index is 5.19. The minimum absolute atomic E-state index is 0.648. The lowest BCUT2D eigenvalue weighted by molar-refractivity contribution is 0.414. The number of hydrogen-bond acceptors (Lipinski definition) is 5. The Hall–Kier alpha value is -1.95. The Balaban J connectivity index is 2.33. The molecule has 0 aliphatic heterocycles. The summed E-state index contributed by atoms with van der Waals surface area (Å²) in [6.45, 7) is 5.59. The summed E-state index contributed by atoms with van der Waals surface area (Å²) in [5, 5.41) is 15.0. The van der Waals surface area contributed by atoms with E-state index in [9.17, 15) is 0 Å². The molecule has 0 radical (unpaired) electrons. The maximum atomic E-state index is 5.19. The van der Waals surface area contributed by atoms with Gasteiger partial charge in [0, 0.05) is 0 Å². The summed E-state index contributed by atoms with van der Waals surface area (Å²) in [5.74, 6) is 1.63. The summed E-state index contributed by atoms with van der Waals surface area (Å²) >= 11 is 0. The number of methoxy groups -OCH3 is 1. The van der Waals surface area contributed by atoms with Gasteiger partial charge in [0.05, 0.1) is 19.3 Å². The van der Waals surface area contributed by atoms with Crippen LogP contribution >= 0.6 is 0 Å². The molecule has 6 heteroatoms. The van der Waals surface area contributed by atoms with E-state index in [0.717, 1.165) is 29.4 Å². The van der Waals surface area contributed by atoms with Gasteiger partial charge < -0.3 is 10.1 Å². The zero-order valence-electron chi connectivity index (χ0n) is 10.8. The number of nitrogens with one attached hydrogen (secondary N) is 1. The lowest BCUT2D eigenvalue weighted by Gasteiger charge is -2.09. The highest BCUT2D eigenvalue weighted by Crippen LogP contribution is 2.20. The smallest absolute Gasteiger partial charge is 0.170 e. The predicted molar refractivity (Wildman–Crippen MR) is 67.8 cm³/mol. The van der Waals surface area contributed by atoms with Crippen LogP contribution in [0, 0.1) is 6.92 Å². The number of benzene rings is 1. The number of aryl methyl sites for hydroxylation is 1. The number of rotatable bonds is 5. The van der Waals surface area contributed by atoms with Gasteiger partial charge in [-0.15, -0.1) is 5.10 Å². The first-order valence-corrected chi connectivity index (χ1v) is 5.89. The van der Waals surface area contributed by atoms with Crippen molar-refractivity contribution >= 4 is 0 Å². The molecule has 1 heterocycles. The lowest BCUT2D eigenvalue weighted by atomic mass is 10.2. The second kappa shape index (κ2) is 5.59. The van der Waals surface area contributed by atoms with Crippen molar-refractivity contribution in [2.75, 3.05) is 13.7 Å². The van der Waals surface area contributed by atoms with Crippen LogP contribution in [-0.2, 0) is 6.54 Å². The van der Waals surface area contributed by atoms with E-state index in [-0.39, 0.29) is 0 Å². The molecular formula is C12H17N5O. The van der Waals surface area contributed by atoms with Gasteiger partial charge in [-0.25, -0.2) is 0 Å². The maximum Gasteiger partial charge on any atom is 0.170 e. The summed E-state index contributed by atoms with van der Waals surface area (Å²) in [6.07, 6.45) is 0. The molecule has 0 saturated carbocycles. The van der Waals surface area contributed by atoms with Crippen LogP contribution in [0.15, 0.2) is 18.2 Å². The summed E-state index contributed by atoms with van der Waals surface area (Å²) in [7, 11) is 1.65. The second-order valence-electron chi connectivity index (χ2n) is 3.94. The molecule has 0 fully saturated rings. The van der Waals surface area contributed by atoms with Crippen LogP contribution in [0.5, 0.6) is 5.75 Å². The lowest BCUT2D eigenvalue weighted by Crippen LogP contribution is -2.16. The molecule has 1 N–H and O–H groups in total. The van der Waals surface area contributed by atoms with Crippen LogP contribution in [0.1, 0.15) is 18.3 Å². The molecule has 1 aromatic heterocycles. The number of tetrazole rings is 1. The van der Waals surface area contributed by atoms with Crippen molar-refractivity contribution < 1.29 is 4.74 Å².